The number of halogens is 1. The Labute approximate surface area is 186 Å². The molecular weight excluding hydrogens is 408 g/mol. The van der Waals surface area contributed by atoms with Crippen LogP contribution in [-0.4, -0.2) is 20.7 Å². The highest BCUT2D eigenvalue weighted by atomic mass is 35.5. The molecule has 0 fully saturated rings. The SMILES string of the molecule is CCc1ccc(NC(=O)c2nc(-c3ccc(C)cc3)n(-c3cc(Cl)ccc3C)n2)cc1. The fourth-order valence-electron chi connectivity index (χ4n) is 3.29. The second-order valence-corrected chi connectivity index (χ2v) is 7.91. The second-order valence-electron chi connectivity index (χ2n) is 7.47. The van der Waals surface area contributed by atoms with Crippen LogP contribution in [0, 0.1) is 13.8 Å². The number of anilines is 1. The fraction of sp³-hybridized carbons (Fsp3) is 0.160. The Balaban J connectivity index is 1.76. The van der Waals surface area contributed by atoms with Gasteiger partial charge in [0.15, 0.2) is 5.82 Å². The minimum Gasteiger partial charge on any atom is -0.319 e. The number of hydrogen-bond donors (Lipinski definition) is 1. The molecule has 0 radical (unpaired) electrons. The number of nitrogens with zero attached hydrogens (tertiary/aromatic N) is 3. The van der Waals surface area contributed by atoms with Gasteiger partial charge >= 0.3 is 0 Å². The molecule has 0 spiro atoms. The van der Waals surface area contributed by atoms with E-state index in [1.807, 2.05) is 80.6 Å². The van der Waals surface area contributed by atoms with Crippen LogP contribution in [0.15, 0.2) is 66.7 Å². The lowest BCUT2D eigenvalue weighted by Crippen LogP contribution is -2.14. The molecule has 1 aromatic heterocycles. The Morgan fingerprint density at radius 2 is 1.71 bits per heavy atom. The summed E-state index contributed by atoms with van der Waals surface area (Å²) >= 11 is 6.25. The molecule has 4 rings (SSSR count). The van der Waals surface area contributed by atoms with E-state index in [4.69, 9.17) is 11.6 Å². The molecule has 6 heteroatoms. The molecular formula is C25H23ClN4O. The van der Waals surface area contributed by atoms with E-state index in [1.165, 1.54) is 5.56 Å². The van der Waals surface area contributed by atoms with Gasteiger partial charge in [-0.15, -0.1) is 5.10 Å². The van der Waals surface area contributed by atoms with Crippen LogP contribution in [0.4, 0.5) is 5.69 Å². The highest BCUT2D eigenvalue weighted by molar-refractivity contribution is 6.30. The molecule has 5 nitrogen and oxygen atoms in total. The molecule has 156 valence electrons. The van der Waals surface area contributed by atoms with E-state index in [9.17, 15) is 4.79 Å². The van der Waals surface area contributed by atoms with Crippen molar-refractivity contribution < 1.29 is 4.79 Å². The predicted molar refractivity (Wildman–Crippen MR) is 125 cm³/mol. The number of hydrogen-bond acceptors (Lipinski definition) is 3. The van der Waals surface area contributed by atoms with Crippen LogP contribution in [-0.2, 0) is 6.42 Å². The summed E-state index contributed by atoms with van der Waals surface area (Å²) in [5.41, 5.74) is 5.67. The van der Waals surface area contributed by atoms with Gasteiger partial charge in [0.25, 0.3) is 5.91 Å². The first-order valence-corrected chi connectivity index (χ1v) is 10.5. The molecule has 0 bridgehead atoms. The summed E-state index contributed by atoms with van der Waals surface area (Å²) in [6.45, 7) is 6.09. The molecule has 0 aliphatic carbocycles. The lowest BCUT2D eigenvalue weighted by Gasteiger charge is -2.09. The van der Waals surface area contributed by atoms with Gasteiger partial charge in [0.2, 0.25) is 5.82 Å². The number of aryl methyl sites for hydroxylation is 3. The summed E-state index contributed by atoms with van der Waals surface area (Å²) in [7, 11) is 0. The maximum Gasteiger partial charge on any atom is 0.295 e. The van der Waals surface area contributed by atoms with E-state index in [0.29, 0.717) is 16.5 Å². The average Bonchev–Trinajstić information content (AvgIpc) is 3.22. The summed E-state index contributed by atoms with van der Waals surface area (Å²) in [4.78, 5) is 17.5. The number of benzene rings is 3. The Morgan fingerprint density at radius 1 is 1.00 bits per heavy atom. The Kier molecular flexibility index (Phi) is 5.87. The summed E-state index contributed by atoms with van der Waals surface area (Å²) in [5, 5.41) is 8.02. The summed E-state index contributed by atoms with van der Waals surface area (Å²) in [6.07, 6.45) is 0.944. The minimum atomic E-state index is -0.365. The van der Waals surface area contributed by atoms with Gasteiger partial charge in [-0.1, -0.05) is 66.6 Å². The average molecular weight is 431 g/mol. The smallest absolute Gasteiger partial charge is 0.295 e. The van der Waals surface area contributed by atoms with Crippen molar-refractivity contribution in [3.8, 4) is 17.1 Å². The fourth-order valence-corrected chi connectivity index (χ4v) is 3.45. The summed E-state index contributed by atoms with van der Waals surface area (Å²) < 4.78 is 1.68. The van der Waals surface area contributed by atoms with Gasteiger partial charge in [-0.05, 0) is 55.7 Å². The van der Waals surface area contributed by atoms with E-state index in [2.05, 4.69) is 22.3 Å². The third kappa shape index (κ3) is 4.52. The van der Waals surface area contributed by atoms with E-state index >= 15 is 0 Å². The predicted octanol–water partition coefficient (Wildman–Crippen LogP) is 6.02. The van der Waals surface area contributed by atoms with Crippen molar-refractivity contribution in [2.75, 3.05) is 5.32 Å². The first-order chi connectivity index (χ1) is 14.9. The van der Waals surface area contributed by atoms with Crippen molar-refractivity contribution in [2.45, 2.75) is 27.2 Å². The number of carbonyl (C=O) groups excluding carboxylic acids is 1. The second kappa shape index (κ2) is 8.74. The van der Waals surface area contributed by atoms with Crippen molar-refractivity contribution in [3.63, 3.8) is 0 Å². The lowest BCUT2D eigenvalue weighted by atomic mass is 10.1. The minimum absolute atomic E-state index is 0.0921. The molecule has 1 amide bonds. The highest BCUT2D eigenvalue weighted by Crippen LogP contribution is 2.26. The Bertz CT molecular complexity index is 1230. The number of amides is 1. The highest BCUT2D eigenvalue weighted by Gasteiger charge is 2.20. The Morgan fingerprint density at radius 3 is 2.39 bits per heavy atom. The third-order valence-electron chi connectivity index (χ3n) is 5.14. The van der Waals surface area contributed by atoms with Crippen LogP contribution >= 0.6 is 11.6 Å². The lowest BCUT2D eigenvalue weighted by molar-refractivity contribution is 0.101. The topological polar surface area (TPSA) is 59.8 Å². The van der Waals surface area contributed by atoms with Crippen molar-refractivity contribution in [1.82, 2.24) is 14.8 Å². The van der Waals surface area contributed by atoms with Crippen LogP contribution in [0.3, 0.4) is 0 Å². The molecule has 3 aromatic carbocycles. The first-order valence-electron chi connectivity index (χ1n) is 10.2. The third-order valence-corrected chi connectivity index (χ3v) is 5.37. The monoisotopic (exact) mass is 430 g/mol. The van der Waals surface area contributed by atoms with Crippen molar-refractivity contribution in [2.24, 2.45) is 0 Å². The van der Waals surface area contributed by atoms with Crippen LogP contribution in [0.1, 0.15) is 34.2 Å². The van der Waals surface area contributed by atoms with Gasteiger partial charge in [-0.3, -0.25) is 4.79 Å². The maximum absolute atomic E-state index is 12.9. The summed E-state index contributed by atoms with van der Waals surface area (Å²) in [6, 6.07) is 21.3. The van der Waals surface area contributed by atoms with Crippen LogP contribution in [0.5, 0.6) is 0 Å². The molecule has 0 unspecified atom stereocenters. The molecule has 0 saturated carbocycles. The van der Waals surface area contributed by atoms with Gasteiger partial charge in [-0.2, -0.15) is 0 Å². The standard InChI is InChI=1S/C25H23ClN4O/c1-4-18-8-13-21(14-9-18)27-25(31)23-28-24(19-10-5-16(2)6-11-19)30(29-23)22-15-20(26)12-7-17(22)3/h5-15H,4H2,1-3H3,(H,27,31). The largest absolute Gasteiger partial charge is 0.319 e. The van der Waals surface area contributed by atoms with Gasteiger partial charge in [0.1, 0.15) is 0 Å². The van der Waals surface area contributed by atoms with Gasteiger partial charge in [0, 0.05) is 16.3 Å². The van der Waals surface area contributed by atoms with E-state index in [-0.39, 0.29) is 11.7 Å². The van der Waals surface area contributed by atoms with Gasteiger partial charge in [0.05, 0.1) is 5.69 Å². The maximum atomic E-state index is 12.9. The van der Waals surface area contributed by atoms with E-state index in [1.54, 1.807) is 4.68 Å². The van der Waals surface area contributed by atoms with Crippen LogP contribution < -0.4 is 5.32 Å². The number of rotatable bonds is 5. The molecule has 0 aliphatic heterocycles. The van der Waals surface area contributed by atoms with Crippen molar-refractivity contribution in [1.29, 1.82) is 0 Å². The Hall–Kier alpha value is -3.44. The van der Waals surface area contributed by atoms with E-state index in [0.717, 1.165) is 28.8 Å². The quantitative estimate of drug-likeness (QED) is 0.421. The van der Waals surface area contributed by atoms with Crippen molar-refractivity contribution >= 4 is 23.2 Å². The molecule has 31 heavy (non-hydrogen) atoms. The molecule has 1 N–H and O–H groups in total. The molecule has 4 aromatic rings. The number of carbonyl (C=O) groups is 1. The van der Waals surface area contributed by atoms with Gasteiger partial charge < -0.3 is 5.32 Å². The zero-order valence-corrected chi connectivity index (χ0v) is 18.4. The number of aromatic nitrogens is 3. The molecule has 0 aliphatic rings. The van der Waals surface area contributed by atoms with Crippen LogP contribution in [0.2, 0.25) is 5.02 Å². The molecule has 0 saturated heterocycles. The molecule has 0 atom stereocenters. The molecule has 1 heterocycles. The normalized spacial score (nSPS) is 10.8. The van der Waals surface area contributed by atoms with Crippen LogP contribution in [0.25, 0.3) is 17.1 Å². The summed E-state index contributed by atoms with van der Waals surface area (Å²) in [5.74, 6) is 0.308. The zero-order valence-electron chi connectivity index (χ0n) is 17.7. The van der Waals surface area contributed by atoms with Gasteiger partial charge in [-0.25, -0.2) is 9.67 Å². The zero-order chi connectivity index (χ0) is 22.0. The van der Waals surface area contributed by atoms with Crippen molar-refractivity contribution in [3.05, 3.63) is 94.3 Å². The number of nitrogens with one attached hydrogen (secondary N) is 1. The van der Waals surface area contributed by atoms with E-state index < -0.39 is 0 Å². The first kappa shape index (κ1) is 20.8.